The first-order valence-electron chi connectivity index (χ1n) is 10.6. The zero-order chi connectivity index (χ0) is 22.0. The standard InChI is InChI=1S/C23H22ClN5O3/c24-21-14-5-6-29(22(14)27-11-26-21)16-8-23(20(31)19(16)30)9-17(32-10-23)13-2-1-12-3-4-18(25)28-15(12)7-13/h1-7,11,16-17,19-20,30-31H,8-10H2,(H2,25,28)/t16-,17-,19+,20+,23-/m1/s1. The first-order chi connectivity index (χ1) is 15.4. The molecule has 4 heterocycles. The molecule has 0 amide bonds. The van der Waals surface area contributed by atoms with Crippen molar-refractivity contribution in [3.63, 3.8) is 0 Å². The fourth-order valence-electron chi connectivity index (χ4n) is 5.37. The molecule has 5 atom stereocenters. The number of pyridine rings is 1. The Labute approximate surface area is 188 Å². The van der Waals surface area contributed by atoms with Crippen LogP contribution in [0.25, 0.3) is 21.9 Å². The number of ether oxygens (including phenoxy) is 1. The Balaban J connectivity index is 1.31. The highest BCUT2D eigenvalue weighted by molar-refractivity contribution is 6.33. The van der Waals surface area contributed by atoms with Crippen LogP contribution in [0.4, 0.5) is 5.82 Å². The van der Waals surface area contributed by atoms with E-state index < -0.39 is 17.6 Å². The molecule has 8 nitrogen and oxygen atoms in total. The minimum Gasteiger partial charge on any atom is -0.390 e. The van der Waals surface area contributed by atoms with E-state index >= 15 is 0 Å². The number of rotatable bonds is 2. The lowest BCUT2D eigenvalue weighted by atomic mass is 9.80. The molecule has 2 fully saturated rings. The van der Waals surface area contributed by atoms with Crippen LogP contribution < -0.4 is 5.73 Å². The zero-order valence-corrected chi connectivity index (χ0v) is 17.9. The van der Waals surface area contributed by atoms with Gasteiger partial charge in [0, 0.05) is 17.0 Å². The van der Waals surface area contributed by atoms with E-state index in [9.17, 15) is 10.2 Å². The Morgan fingerprint density at radius 1 is 1.12 bits per heavy atom. The van der Waals surface area contributed by atoms with Crippen molar-refractivity contribution in [1.29, 1.82) is 0 Å². The van der Waals surface area contributed by atoms with Crippen LogP contribution in [-0.4, -0.2) is 48.5 Å². The average molecular weight is 452 g/mol. The maximum absolute atomic E-state index is 11.1. The molecule has 6 rings (SSSR count). The summed E-state index contributed by atoms with van der Waals surface area (Å²) in [6.07, 6.45) is 2.37. The molecule has 0 bridgehead atoms. The minimum atomic E-state index is -0.945. The van der Waals surface area contributed by atoms with E-state index in [2.05, 4.69) is 15.0 Å². The second-order valence-electron chi connectivity index (χ2n) is 8.89. The second kappa shape index (κ2) is 7.11. The molecular weight excluding hydrogens is 430 g/mol. The summed E-state index contributed by atoms with van der Waals surface area (Å²) < 4.78 is 8.05. The van der Waals surface area contributed by atoms with Gasteiger partial charge in [-0.1, -0.05) is 23.7 Å². The zero-order valence-electron chi connectivity index (χ0n) is 17.1. The Morgan fingerprint density at radius 2 is 1.97 bits per heavy atom. The van der Waals surface area contributed by atoms with Crippen LogP contribution in [0.2, 0.25) is 5.15 Å². The van der Waals surface area contributed by atoms with Crippen LogP contribution in [0.3, 0.4) is 0 Å². The number of nitrogen functional groups attached to an aromatic ring is 1. The van der Waals surface area contributed by atoms with Crippen LogP contribution in [0.5, 0.6) is 0 Å². The van der Waals surface area contributed by atoms with Gasteiger partial charge < -0.3 is 25.3 Å². The number of benzene rings is 1. The monoisotopic (exact) mass is 451 g/mol. The van der Waals surface area contributed by atoms with E-state index in [0.717, 1.165) is 21.9 Å². The summed E-state index contributed by atoms with van der Waals surface area (Å²) >= 11 is 6.19. The van der Waals surface area contributed by atoms with E-state index in [1.54, 1.807) is 6.07 Å². The van der Waals surface area contributed by atoms with Crippen molar-refractivity contribution in [3.8, 4) is 0 Å². The quantitative estimate of drug-likeness (QED) is 0.401. The van der Waals surface area contributed by atoms with Crippen LogP contribution in [0.1, 0.15) is 30.6 Å². The van der Waals surface area contributed by atoms with Gasteiger partial charge in [-0.15, -0.1) is 0 Å². The first-order valence-corrected chi connectivity index (χ1v) is 10.9. The number of fused-ring (bicyclic) bond motifs is 2. The minimum absolute atomic E-state index is 0.193. The number of anilines is 1. The molecule has 1 saturated heterocycles. The number of hydrogen-bond acceptors (Lipinski definition) is 7. The lowest BCUT2D eigenvalue weighted by molar-refractivity contribution is -0.0309. The molecule has 32 heavy (non-hydrogen) atoms. The van der Waals surface area contributed by atoms with Crippen molar-refractivity contribution >= 4 is 39.4 Å². The fraction of sp³-hybridized carbons (Fsp3) is 0.348. The number of nitrogens with two attached hydrogens (primary N) is 1. The summed E-state index contributed by atoms with van der Waals surface area (Å²) in [6.45, 7) is 0.365. The molecule has 1 aliphatic heterocycles. The second-order valence-corrected chi connectivity index (χ2v) is 9.24. The molecule has 164 valence electrons. The van der Waals surface area contributed by atoms with Crippen molar-refractivity contribution < 1.29 is 14.9 Å². The predicted octanol–water partition coefficient (Wildman–Crippen LogP) is 3.03. The lowest BCUT2D eigenvalue weighted by Gasteiger charge is -2.26. The van der Waals surface area contributed by atoms with Gasteiger partial charge in [-0.25, -0.2) is 15.0 Å². The number of hydrogen-bond donors (Lipinski definition) is 3. The van der Waals surface area contributed by atoms with Gasteiger partial charge in [-0.3, -0.25) is 0 Å². The summed E-state index contributed by atoms with van der Waals surface area (Å²) in [4.78, 5) is 12.8. The van der Waals surface area contributed by atoms with Crippen LogP contribution >= 0.6 is 11.6 Å². The number of aliphatic hydroxyl groups excluding tert-OH is 2. The molecule has 0 unspecified atom stereocenters. The Morgan fingerprint density at radius 3 is 2.84 bits per heavy atom. The number of aliphatic hydroxyl groups is 2. The molecule has 0 radical (unpaired) electrons. The van der Waals surface area contributed by atoms with Gasteiger partial charge in [0.1, 0.15) is 29.0 Å². The molecule has 1 spiro atoms. The molecule has 4 N–H and O–H groups in total. The Bertz CT molecular complexity index is 1340. The fourth-order valence-corrected chi connectivity index (χ4v) is 5.56. The van der Waals surface area contributed by atoms with Crippen LogP contribution in [0, 0.1) is 5.41 Å². The maximum Gasteiger partial charge on any atom is 0.145 e. The van der Waals surface area contributed by atoms with Crippen molar-refractivity contribution in [2.75, 3.05) is 12.3 Å². The SMILES string of the molecule is Nc1ccc2ccc([C@H]3C[C@@]4(CO3)C[C@@H](n3ccc5c(Cl)ncnc53)[C@H](O)[C@@H]4O)cc2n1. The van der Waals surface area contributed by atoms with Crippen LogP contribution in [-0.2, 0) is 4.74 Å². The molecular formula is C23H22ClN5O3. The van der Waals surface area contributed by atoms with E-state index in [1.165, 1.54) is 6.33 Å². The molecule has 1 aromatic carbocycles. The topological polar surface area (TPSA) is 119 Å². The predicted molar refractivity (Wildman–Crippen MR) is 120 cm³/mol. The van der Waals surface area contributed by atoms with Gasteiger partial charge >= 0.3 is 0 Å². The maximum atomic E-state index is 11.1. The molecule has 4 aromatic rings. The van der Waals surface area contributed by atoms with E-state index in [1.807, 2.05) is 41.1 Å². The highest BCUT2D eigenvalue weighted by Crippen LogP contribution is 2.54. The number of aromatic nitrogens is 4. The first kappa shape index (κ1) is 19.9. The summed E-state index contributed by atoms with van der Waals surface area (Å²) in [5.41, 5.74) is 7.73. The van der Waals surface area contributed by atoms with Gasteiger partial charge in [0.2, 0.25) is 0 Å². The Kier molecular flexibility index (Phi) is 4.42. The normalized spacial score (nSPS) is 30.1. The summed E-state index contributed by atoms with van der Waals surface area (Å²) in [5.74, 6) is 0.471. The van der Waals surface area contributed by atoms with Crippen molar-refractivity contribution in [2.45, 2.75) is 37.2 Å². The van der Waals surface area contributed by atoms with Gasteiger partial charge in [0.05, 0.1) is 35.8 Å². The molecule has 3 aromatic heterocycles. The highest BCUT2D eigenvalue weighted by Gasteiger charge is 2.57. The van der Waals surface area contributed by atoms with E-state index in [0.29, 0.717) is 36.1 Å². The van der Waals surface area contributed by atoms with Crippen molar-refractivity contribution in [3.05, 3.63) is 59.6 Å². The van der Waals surface area contributed by atoms with Crippen molar-refractivity contribution in [2.24, 2.45) is 5.41 Å². The van der Waals surface area contributed by atoms with Crippen LogP contribution in [0.15, 0.2) is 48.9 Å². The molecule has 2 aliphatic rings. The third kappa shape index (κ3) is 2.91. The largest absolute Gasteiger partial charge is 0.390 e. The Hall–Kier alpha value is -2.78. The smallest absolute Gasteiger partial charge is 0.145 e. The number of halogens is 1. The third-order valence-electron chi connectivity index (χ3n) is 7.05. The van der Waals surface area contributed by atoms with Gasteiger partial charge in [-0.2, -0.15) is 0 Å². The molecule has 1 saturated carbocycles. The van der Waals surface area contributed by atoms with E-state index in [4.69, 9.17) is 22.1 Å². The van der Waals surface area contributed by atoms with Gasteiger partial charge in [0.15, 0.2) is 0 Å². The number of nitrogens with zero attached hydrogens (tertiary/aromatic N) is 4. The third-order valence-corrected chi connectivity index (χ3v) is 7.35. The molecule has 9 heteroatoms. The van der Waals surface area contributed by atoms with Crippen molar-refractivity contribution in [1.82, 2.24) is 19.5 Å². The highest BCUT2D eigenvalue weighted by atomic mass is 35.5. The van der Waals surface area contributed by atoms with Gasteiger partial charge in [-0.05, 0) is 42.7 Å². The summed E-state index contributed by atoms with van der Waals surface area (Å²) in [5, 5.41) is 24.2. The summed E-state index contributed by atoms with van der Waals surface area (Å²) in [7, 11) is 0. The molecule has 1 aliphatic carbocycles. The average Bonchev–Trinajstić information content (AvgIpc) is 3.47. The lowest BCUT2D eigenvalue weighted by Crippen LogP contribution is -2.37. The van der Waals surface area contributed by atoms with Gasteiger partial charge in [0.25, 0.3) is 0 Å². The van der Waals surface area contributed by atoms with E-state index in [-0.39, 0.29) is 12.1 Å². The summed E-state index contributed by atoms with van der Waals surface area (Å²) in [6, 6.07) is 11.2.